The average molecular weight is 278 g/mol. The van der Waals surface area contributed by atoms with Gasteiger partial charge in [-0.25, -0.2) is 0 Å². The molecule has 0 spiro atoms. The Balaban J connectivity index is 1.68. The molecule has 1 unspecified atom stereocenters. The standard InChI is InChI=1S/C17H24ClN/c18-17-8-4-3-7-16(17)14(12-19-15-9-10-15)11-13-5-1-2-6-13/h3-4,7-8,13-15,19H,1-2,5-6,9-12H2. The number of rotatable bonds is 6. The van der Waals surface area contributed by atoms with Crippen molar-refractivity contribution in [2.24, 2.45) is 5.92 Å². The molecule has 0 saturated heterocycles. The van der Waals surface area contributed by atoms with Crippen molar-refractivity contribution in [2.75, 3.05) is 6.54 Å². The van der Waals surface area contributed by atoms with Gasteiger partial charge >= 0.3 is 0 Å². The Morgan fingerprint density at radius 2 is 1.84 bits per heavy atom. The minimum atomic E-state index is 0.595. The number of nitrogens with one attached hydrogen (secondary N) is 1. The van der Waals surface area contributed by atoms with Crippen molar-refractivity contribution >= 4 is 11.6 Å². The predicted octanol–water partition coefficient (Wildman–Crippen LogP) is 4.76. The van der Waals surface area contributed by atoms with Crippen molar-refractivity contribution in [1.29, 1.82) is 0 Å². The van der Waals surface area contributed by atoms with Crippen molar-refractivity contribution in [3.63, 3.8) is 0 Å². The summed E-state index contributed by atoms with van der Waals surface area (Å²) in [5, 5.41) is 4.65. The van der Waals surface area contributed by atoms with E-state index in [0.717, 1.165) is 23.5 Å². The maximum atomic E-state index is 6.41. The largest absolute Gasteiger partial charge is 0.313 e. The summed E-state index contributed by atoms with van der Waals surface area (Å²) in [7, 11) is 0. The summed E-state index contributed by atoms with van der Waals surface area (Å²) in [5.74, 6) is 1.51. The third-order valence-corrected chi connectivity index (χ3v) is 5.01. The SMILES string of the molecule is Clc1ccccc1C(CNC1CC1)CC1CCCC1. The van der Waals surface area contributed by atoms with Crippen molar-refractivity contribution in [1.82, 2.24) is 5.32 Å². The molecule has 0 radical (unpaired) electrons. The second-order valence-electron chi connectivity index (χ2n) is 6.29. The first-order valence-corrected chi connectivity index (χ1v) is 8.18. The van der Waals surface area contributed by atoms with Gasteiger partial charge in [0, 0.05) is 17.6 Å². The van der Waals surface area contributed by atoms with Crippen LogP contribution >= 0.6 is 11.6 Å². The van der Waals surface area contributed by atoms with E-state index >= 15 is 0 Å². The van der Waals surface area contributed by atoms with Gasteiger partial charge in [0.15, 0.2) is 0 Å². The molecule has 1 aromatic carbocycles. The van der Waals surface area contributed by atoms with Gasteiger partial charge in [0.05, 0.1) is 0 Å². The molecule has 0 amide bonds. The molecule has 3 rings (SSSR count). The van der Waals surface area contributed by atoms with Crippen LogP contribution in [0.5, 0.6) is 0 Å². The molecule has 0 aromatic heterocycles. The summed E-state index contributed by atoms with van der Waals surface area (Å²) in [5.41, 5.74) is 1.35. The van der Waals surface area contributed by atoms with Crippen LogP contribution in [-0.2, 0) is 0 Å². The van der Waals surface area contributed by atoms with Crippen molar-refractivity contribution < 1.29 is 0 Å². The summed E-state index contributed by atoms with van der Waals surface area (Å²) in [4.78, 5) is 0. The van der Waals surface area contributed by atoms with Gasteiger partial charge in [-0.3, -0.25) is 0 Å². The fraction of sp³-hybridized carbons (Fsp3) is 0.647. The quantitative estimate of drug-likeness (QED) is 0.791. The first-order valence-electron chi connectivity index (χ1n) is 7.80. The first-order chi connectivity index (χ1) is 9.33. The van der Waals surface area contributed by atoms with Gasteiger partial charge in [0.1, 0.15) is 0 Å². The zero-order chi connectivity index (χ0) is 13.1. The smallest absolute Gasteiger partial charge is 0.0441 e. The molecule has 2 fully saturated rings. The Morgan fingerprint density at radius 3 is 2.53 bits per heavy atom. The van der Waals surface area contributed by atoms with E-state index in [4.69, 9.17) is 11.6 Å². The predicted molar refractivity (Wildman–Crippen MR) is 81.8 cm³/mol. The van der Waals surface area contributed by atoms with Gasteiger partial charge in [0.25, 0.3) is 0 Å². The monoisotopic (exact) mass is 277 g/mol. The molecule has 104 valence electrons. The molecule has 2 aliphatic carbocycles. The minimum absolute atomic E-state index is 0.595. The maximum absolute atomic E-state index is 6.41. The van der Waals surface area contributed by atoms with E-state index in [2.05, 4.69) is 17.4 Å². The van der Waals surface area contributed by atoms with Gasteiger partial charge in [-0.15, -0.1) is 0 Å². The molecule has 1 atom stereocenters. The lowest BCUT2D eigenvalue weighted by atomic mass is 9.87. The fourth-order valence-electron chi connectivity index (χ4n) is 3.37. The number of hydrogen-bond acceptors (Lipinski definition) is 1. The third-order valence-electron chi connectivity index (χ3n) is 4.67. The molecular formula is C17H24ClN. The highest BCUT2D eigenvalue weighted by Gasteiger charge is 2.26. The second-order valence-corrected chi connectivity index (χ2v) is 6.69. The molecule has 0 aliphatic heterocycles. The zero-order valence-electron chi connectivity index (χ0n) is 11.6. The highest BCUT2D eigenvalue weighted by atomic mass is 35.5. The van der Waals surface area contributed by atoms with E-state index in [1.807, 2.05) is 12.1 Å². The molecule has 2 saturated carbocycles. The van der Waals surface area contributed by atoms with Gasteiger partial charge in [-0.1, -0.05) is 55.5 Å². The lowest BCUT2D eigenvalue weighted by Crippen LogP contribution is -2.25. The molecule has 2 aliphatic rings. The van der Waals surface area contributed by atoms with Crippen LogP contribution < -0.4 is 5.32 Å². The Morgan fingerprint density at radius 1 is 1.11 bits per heavy atom. The average Bonchev–Trinajstić information content (AvgIpc) is 3.11. The molecule has 1 aromatic rings. The van der Waals surface area contributed by atoms with E-state index in [0.29, 0.717) is 5.92 Å². The van der Waals surface area contributed by atoms with Gasteiger partial charge in [-0.2, -0.15) is 0 Å². The second kappa shape index (κ2) is 6.28. The van der Waals surface area contributed by atoms with Crippen LogP contribution in [0.15, 0.2) is 24.3 Å². The summed E-state index contributed by atoms with van der Waals surface area (Å²) in [6.45, 7) is 1.10. The van der Waals surface area contributed by atoms with E-state index in [1.165, 1.54) is 50.5 Å². The lowest BCUT2D eigenvalue weighted by molar-refractivity contribution is 0.426. The van der Waals surface area contributed by atoms with E-state index in [9.17, 15) is 0 Å². The molecular weight excluding hydrogens is 254 g/mol. The topological polar surface area (TPSA) is 12.0 Å². The third kappa shape index (κ3) is 3.73. The Labute approximate surface area is 121 Å². The fourth-order valence-corrected chi connectivity index (χ4v) is 3.66. The van der Waals surface area contributed by atoms with Gasteiger partial charge < -0.3 is 5.32 Å². The van der Waals surface area contributed by atoms with Crippen LogP contribution in [-0.4, -0.2) is 12.6 Å². The summed E-state index contributed by atoms with van der Waals surface area (Å²) in [6, 6.07) is 9.20. The highest BCUT2D eigenvalue weighted by molar-refractivity contribution is 6.31. The highest BCUT2D eigenvalue weighted by Crippen LogP contribution is 2.36. The van der Waals surface area contributed by atoms with Crippen LogP contribution in [0.3, 0.4) is 0 Å². The molecule has 0 heterocycles. The Hall–Kier alpha value is -0.530. The van der Waals surface area contributed by atoms with Crippen LogP contribution in [0.25, 0.3) is 0 Å². The van der Waals surface area contributed by atoms with E-state index in [-0.39, 0.29) is 0 Å². The lowest BCUT2D eigenvalue weighted by Gasteiger charge is -2.22. The molecule has 0 bridgehead atoms. The zero-order valence-corrected chi connectivity index (χ0v) is 12.3. The van der Waals surface area contributed by atoms with Gasteiger partial charge in [-0.05, 0) is 42.7 Å². The molecule has 1 nitrogen and oxygen atoms in total. The summed E-state index contributed by atoms with van der Waals surface area (Å²) < 4.78 is 0. The van der Waals surface area contributed by atoms with Crippen molar-refractivity contribution in [2.45, 2.75) is 56.9 Å². The normalized spacial score (nSPS) is 21.7. The Bertz CT molecular complexity index is 407. The van der Waals surface area contributed by atoms with Crippen molar-refractivity contribution in [3.8, 4) is 0 Å². The number of hydrogen-bond donors (Lipinski definition) is 1. The first kappa shape index (κ1) is 13.5. The van der Waals surface area contributed by atoms with Gasteiger partial charge in [0.2, 0.25) is 0 Å². The van der Waals surface area contributed by atoms with Crippen LogP contribution in [0.2, 0.25) is 5.02 Å². The van der Waals surface area contributed by atoms with Crippen molar-refractivity contribution in [3.05, 3.63) is 34.9 Å². The molecule has 1 N–H and O–H groups in total. The number of benzene rings is 1. The van der Waals surface area contributed by atoms with Crippen LogP contribution in [0.4, 0.5) is 0 Å². The van der Waals surface area contributed by atoms with Crippen LogP contribution in [0, 0.1) is 5.92 Å². The minimum Gasteiger partial charge on any atom is -0.313 e. The van der Waals surface area contributed by atoms with E-state index in [1.54, 1.807) is 0 Å². The Kier molecular flexibility index (Phi) is 4.45. The number of halogens is 1. The van der Waals surface area contributed by atoms with E-state index < -0.39 is 0 Å². The van der Waals surface area contributed by atoms with Crippen LogP contribution in [0.1, 0.15) is 56.4 Å². The summed E-state index contributed by atoms with van der Waals surface area (Å²) in [6.07, 6.45) is 9.72. The summed E-state index contributed by atoms with van der Waals surface area (Å²) >= 11 is 6.41. The molecule has 19 heavy (non-hydrogen) atoms. The molecule has 2 heteroatoms. The maximum Gasteiger partial charge on any atom is 0.0441 e.